The average Bonchev–Trinajstić information content (AvgIpc) is 2.89. The molecule has 1 aliphatic rings. The molecule has 0 fully saturated rings. The van der Waals surface area contributed by atoms with Gasteiger partial charge in [-0.2, -0.15) is 0 Å². The minimum absolute atomic E-state index is 0.00718. The highest BCUT2D eigenvalue weighted by Gasteiger charge is 2.28. The van der Waals surface area contributed by atoms with Crippen LogP contribution in [0.25, 0.3) is 11.1 Å². The summed E-state index contributed by atoms with van der Waals surface area (Å²) in [6.45, 7) is 1.46. The quantitative estimate of drug-likeness (QED) is 0.765. The molecule has 0 aliphatic heterocycles. The summed E-state index contributed by atoms with van der Waals surface area (Å²) in [5.74, 6) is 0.473. The van der Waals surface area contributed by atoms with Gasteiger partial charge in [0.25, 0.3) is 0 Å². The molecule has 7 heteroatoms. The fourth-order valence-electron chi connectivity index (χ4n) is 3.73. The number of phenols is 1. The fraction of sp³-hybridized carbons (Fsp3) is 0.333. The third-order valence-electron chi connectivity index (χ3n) is 4.89. The summed E-state index contributed by atoms with van der Waals surface area (Å²) in [5, 5.41) is 13.3. The van der Waals surface area contributed by atoms with E-state index in [-0.39, 0.29) is 28.9 Å². The average molecular weight is 401 g/mol. The van der Waals surface area contributed by atoms with Gasteiger partial charge in [0, 0.05) is 12.5 Å². The second kappa shape index (κ2) is 8.14. The molecule has 1 aliphatic carbocycles. The molecule has 0 radical (unpaired) electrons. The summed E-state index contributed by atoms with van der Waals surface area (Å²) in [4.78, 5) is 25.1. The number of fused-ring (bicyclic) bond motifs is 3. The maximum atomic E-state index is 12.7. The van der Waals surface area contributed by atoms with Gasteiger partial charge in [-0.15, -0.1) is 11.8 Å². The number of carbonyl (C=O) groups is 1. The van der Waals surface area contributed by atoms with E-state index in [0.29, 0.717) is 23.5 Å². The largest absolute Gasteiger partial charge is 0.504 e. The van der Waals surface area contributed by atoms with Gasteiger partial charge in [0.2, 0.25) is 11.7 Å². The summed E-state index contributed by atoms with van der Waals surface area (Å²) in [7, 11) is 2.98. The van der Waals surface area contributed by atoms with E-state index in [9.17, 15) is 14.7 Å². The Morgan fingerprint density at radius 2 is 1.93 bits per heavy atom. The zero-order chi connectivity index (χ0) is 20.4. The maximum Gasteiger partial charge on any atom is 0.217 e. The van der Waals surface area contributed by atoms with E-state index >= 15 is 0 Å². The number of thioether (sulfide) groups is 1. The number of hydrogen-bond donors (Lipinski definition) is 2. The van der Waals surface area contributed by atoms with Gasteiger partial charge >= 0.3 is 0 Å². The molecule has 0 heterocycles. The molecule has 0 spiro atoms. The lowest BCUT2D eigenvalue weighted by Gasteiger charge is -2.18. The van der Waals surface area contributed by atoms with Gasteiger partial charge in [-0.25, -0.2) is 0 Å². The molecule has 6 nitrogen and oxygen atoms in total. The highest BCUT2D eigenvalue weighted by molar-refractivity contribution is 7.98. The molecule has 1 amide bonds. The summed E-state index contributed by atoms with van der Waals surface area (Å²) < 4.78 is 11.0. The number of aryl methyl sites for hydroxylation is 1. The number of amides is 1. The first kappa shape index (κ1) is 20.1. The van der Waals surface area contributed by atoms with Gasteiger partial charge in [-0.3, -0.25) is 9.59 Å². The number of methoxy groups -OCH3 is 2. The molecule has 0 saturated heterocycles. The van der Waals surface area contributed by atoms with Gasteiger partial charge in [-0.05, 0) is 54.0 Å². The predicted octanol–water partition coefficient (Wildman–Crippen LogP) is 3.28. The summed E-state index contributed by atoms with van der Waals surface area (Å²) >= 11 is 1.37. The van der Waals surface area contributed by atoms with E-state index < -0.39 is 0 Å². The van der Waals surface area contributed by atoms with Crippen LogP contribution in [-0.4, -0.2) is 31.5 Å². The first-order valence-electron chi connectivity index (χ1n) is 8.87. The van der Waals surface area contributed by atoms with Crippen LogP contribution in [-0.2, 0) is 11.2 Å². The van der Waals surface area contributed by atoms with Crippen LogP contribution < -0.4 is 20.2 Å². The highest BCUT2D eigenvalue weighted by Crippen LogP contribution is 2.49. The SMILES string of the molecule is COc1c(O)cc2c(c1OC)-c1ccc(SC)c(=O)cc1[C@H](NC(C)=O)CC2. The maximum absolute atomic E-state index is 12.7. The van der Waals surface area contributed by atoms with Crippen molar-refractivity contribution in [1.82, 2.24) is 5.32 Å². The first-order chi connectivity index (χ1) is 13.4. The van der Waals surface area contributed by atoms with Gasteiger partial charge in [0.1, 0.15) is 0 Å². The Balaban J connectivity index is 2.41. The Labute approximate surface area is 167 Å². The number of aromatic hydroxyl groups is 1. The number of phenolic OH excluding ortho intramolecular Hbond substituents is 1. The molecule has 3 rings (SSSR count). The lowest BCUT2D eigenvalue weighted by molar-refractivity contribution is -0.119. The molecule has 2 aromatic carbocycles. The van der Waals surface area contributed by atoms with Crippen LogP contribution in [0.5, 0.6) is 17.2 Å². The van der Waals surface area contributed by atoms with Crippen molar-refractivity contribution in [3.63, 3.8) is 0 Å². The number of nitrogens with one attached hydrogen (secondary N) is 1. The third kappa shape index (κ3) is 3.54. The van der Waals surface area contributed by atoms with Gasteiger partial charge in [0.05, 0.1) is 25.2 Å². The smallest absolute Gasteiger partial charge is 0.217 e. The van der Waals surface area contributed by atoms with Crippen LogP contribution in [0.3, 0.4) is 0 Å². The molecule has 28 heavy (non-hydrogen) atoms. The van der Waals surface area contributed by atoms with Crippen LogP contribution in [0, 0.1) is 0 Å². The summed E-state index contributed by atoms with van der Waals surface area (Å²) in [6.07, 6.45) is 3.03. The first-order valence-corrected chi connectivity index (χ1v) is 10.1. The second-order valence-corrected chi connectivity index (χ2v) is 7.42. The molecule has 2 N–H and O–H groups in total. The molecule has 0 bridgehead atoms. The van der Waals surface area contributed by atoms with Crippen LogP contribution in [0.1, 0.15) is 30.5 Å². The Bertz CT molecular complexity index is 989. The van der Waals surface area contributed by atoms with Gasteiger partial charge < -0.3 is 19.9 Å². The molecule has 148 valence electrons. The van der Waals surface area contributed by atoms with E-state index in [0.717, 1.165) is 22.3 Å². The zero-order valence-corrected chi connectivity index (χ0v) is 17.1. The van der Waals surface area contributed by atoms with Crippen molar-refractivity contribution in [2.24, 2.45) is 0 Å². The molecule has 2 aromatic rings. The zero-order valence-electron chi connectivity index (χ0n) is 16.3. The van der Waals surface area contributed by atoms with Crippen LogP contribution in [0.4, 0.5) is 0 Å². The van der Waals surface area contributed by atoms with E-state index in [1.165, 1.54) is 32.9 Å². The molecule has 0 aromatic heterocycles. The molecule has 1 atom stereocenters. The number of rotatable bonds is 4. The predicted molar refractivity (Wildman–Crippen MR) is 110 cm³/mol. The van der Waals surface area contributed by atoms with Crippen molar-refractivity contribution >= 4 is 17.7 Å². The number of benzene rings is 1. The third-order valence-corrected chi connectivity index (χ3v) is 5.67. The number of carbonyl (C=O) groups excluding carboxylic acids is 1. The standard InChI is InChI=1S/C21H23NO5S/c1-11(23)22-15-7-5-12-9-17(25)20(26-2)21(27-3)19(12)13-6-8-18(28-4)16(24)10-14(13)15/h6,8-10,15,25H,5,7H2,1-4H3,(H,22,23)/t15-/m1/s1. The molecule has 0 unspecified atom stereocenters. The highest BCUT2D eigenvalue weighted by atomic mass is 32.2. The molecular formula is C21H23NO5S. The second-order valence-electron chi connectivity index (χ2n) is 6.57. The van der Waals surface area contributed by atoms with Crippen LogP contribution in [0.2, 0.25) is 0 Å². The van der Waals surface area contributed by atoms with Crippen molar-refractivity contribution in [3.8, 4) is 28.4 Å². The van der Waals surface area contributed by atoms with Crippen molar-refractivity contribution in [2.75, 3.05) is 20.5 Å². The van der Waals surface area contributed by atoms with Crippen molar-refractivity contribution in [2.45, 2.75) is 30.7 Å². The Kier molecular flexibility index (Phi) is 5.84. The van der Waals surface area contributed by atoms with Gasteiger partial charge in [-0.1, -0.05) is 6.07 Å². The van der Waals surface area contributed by atoms with E-state index in [4.69, 9.17) is 9.47 Å². The fourth-order valence-corrected chi connectivity index (χ4v) is 4.19. The Hall–Kier alpha value is -2.67. The summed E-state index contributed by atoms with van der Waals surface area (Å²) in [6, 6.07) is 6.59. The minimum atomic E-state index is -0.326. The lowest BCUT2D eigenvalue weighted by atomic mass is 9.95. The van der Waals surface area contributed by atoms with Crippen molar-refractivity contribution in [3.05, 3.63) is 45.6 Å². The topological polar surface area (TPSA) is 84.9 Å². The lowest BCUT2D eigenvalue weighted by Crippen LogP contribution is -2.26. The monoisotopic (exact) mass is 401 g/mol. The van der Waals surface area contributed by atoms with Crippen LogP contribution in [0.15, 0.2) is 34.0 Å². The van der Waals surface area contributed by atoms with E-state index in [2.05, 4.69) is 5.32 Å². The number of hydrogen-bond acceptors (Lipinski definition) is 6. The summed E-state index contributed by atoms with van der Waals surface area (Å²) in [5.41, 5.74) is 3.04. The molecule has 0 saturated carbocycles. The van der Waals surface area contributed by atoms with E-state index in [1.807, 2.05) is 12.3 Å². The van der Waals surface area contributed by atoms with Crippen molar-refractivity contribution in [1.29, 1.82) is 0 Å². The number of ether oxygens (including phenoxy) is 2. The Morgan fingerprint density at radius 3 is 2.54 bits per heavy atom. The van der Waals surface area contributed by atoms with Crippen molar-refractivity contribution < 1.29 is 19.4 Å². The minimum Gasteiger partial charge on any atom is -0.504 e. The van der Waals surface area contributed by atoms with E-state index in [1.54, 1.807) is 18.2 Å². The van der Waals surface area contributed by atoms with Crippen LogP contribution >= 0.6 is 11.8 Å². The molecular weight excluding hydrogens is 378 g/mol. The normalized spacial score (nSPS) is 15.1. The van der Waals surface area contributed by atoms with Gasteiger partial charge in [0.15, 0.2) is 16.9 Å². The Morgan fingerprint density at radius 1 is 1.21 bits per heavy atom.